The van der Waals surface area contributed by atoms with E-state index in [1.165, 1.54) is 0 Å². The van der Waals surface area contributed by atoms with E-state index in [0.717, 1.165) is 0 Å². The zero-order valence-electron chi connectivity index (χ0n) is 10.4. The van der Waals surface area contributed by atoms with Crippen molar-refractivity contribution in [3.8, 4) is 0 Å². The molecule has 6 nitrogen and oxygen atoms in total. The highest BCUT2D eigenvalue weighted by molar-refractivity contribution is 5.91. The van der Waals surface area contributed by atoms with Crippen molar-refractivity contribution in [1.82, 2.24) is 10.2 Å². The van der Waals surface area contributed by atoms with Gasteiger partial charge in [0.05, 0.1) is 5.41 Å². The molecule has 0 aromatic rings. The normalized spacial score (nSPS) is 31.5. The monoisotopic (exact) mass is 254 g/mol. The van der Waals surface area contributed by atoms with Crippen molar-refractivity contribution in [1.29, 1.82) is 0 Å². The molecule has 0 bridgehead atoms. The van der Waals surface area contributed by atoms with Crippen LogP contribution in [0.25, 0.3) is 0 Å². The van der Waals surface area contributed by atoms with E-state index in [2.05, 4.69) is 5.32 Å². The first-order valence-electron chi connectivity index (χ1n) is 6.30. The fourth-order valence-corrected chi connectivity index (χ4v) is 2.69. The molecule has 18 heavy (non-hydrogen) atoms. The highest BCUT2D eigenvalue weighted by atomic mass is 16.4. The van der Waals surface area contributed by atoms with Gasteiger partial charge in [0.25, 0.3) is 0 Å². The summed E-state index contributed by atoms with van der Waals surface area (Å²) in [6, 6.07) is -0.459. The van der Waals surface area contributed by atoms with Gasteiger partial charge in [-0.15, -0.1) is 0 Å². The summed E-state index contributed by atoms with van der Waals surface area (Å²) >= 11 is 0. The molecule has 0 spiro atoms. The first kappa shape index (κ1) is 12.9. The van der Waals surface area contributed by atoms with Crippen LogP contribution in [-0.2, 0) is 14.4 Å². The minimum absolute atomic E-state index is 0.104. The molecule has 2 amide bonds. The molecular formula is C12H18N2O4. The van der Waals surface area contributed by atoms with E-state index in [1.54, 1.807) is 4.90 Å². The van der Waals surface area contributed by atoms with Crippen molar-refractivity contribution in [2.75, 3.05) is 13.1 Å². The fourth-order valence-electron chi connectivity index (χ4n) is 2.69. The van der Waals surface area contributed by atoms with E-state index in [9.17, 15) is 19.5 Å². The topological polar surface area (TPSA) is 86.7 Å². The van der Waals surface area contributed by atoms with Gasteiger partial charge in [-0.3, -0.25) is 14.4 Å². The second kappa shape index (κ2) is 4.59. The number of amides is 2. The smallest absolute Gasteiger partial charge is 0.311 e. The lowest BCUT2D eigenvalue weighted by Crippen LogP contribution is -2.45. The van der Waals surface area contributed by atoms with Crippen LogP contribution in [0.3, 0.4) is 0 Å². The number of aliphatic carboxylic acids is 1. The lowest BCUT2D eigenvalue weighted by Gasteiger charge is -2.24. The Kier molecular flexibility index (Phi) is 3.28. The van der Waals surface area contributed by atoms with Crippen LogP contribution in [-0.4, -0.2) is 46.9 Å². The van der Waals surface area contributed by atoms with Gasteiger partial charge >= 0.3 is 5.97 Å². The van der Waals surface area contributed by atoms with Crippen molar-refractivity contribution in [3.05, 3.63) is 0 Å². The SMILES string of the molecule is CCC1(C(=O)O)CCN(C(=O)[C@H]2CCC(=O)N2)C1. The summed E-state index contributed by atoms with van der Waals surface area (Å²) in [4.78, 5) is 36.1. The molecule has 100 valence electrons. The summed E-state index contributed by atoms with van der Waals surface area (Å²) in [5, 5.41) is 11.9. The van der Waals surface area contributed by atoms with Gasteiger partial charge in [0.2, 0.25) is 11.8 Å². The third-order valence-corrected chi connectivity index (χ3v) is 4.09. The molecule has 0 aromatic carbocycles. The van der Waals surface area contributed by atoms with Crippen LogP contribution >= 0.6 is 0 Å². The van der Waals surface area contributed by atoms with Crippen LogP contribution in [0.2, 0.25) is 0 Å². The summed E-state index contributed by atoms with van der Waals surface area (Å²) in [6.45, 7) is 2.55. The van der Waals surface area contributed by atoms with Crippen LogP contribution in [0.4, 0.5) is 0 Å². The van der Waals surface area contributed by atoms with Gasteiger partial charge in [-0.2, -0.15) is 0 Å². The Hall–Kier alpha value is -1.59. The Morgan fingerprint density at radius 1 is 1.56 bits per heavy atom. The Morgan fingerprint density at radius 3 is 2.72 bits per heavy atom. The molecule has 2 saturated heterocycles. The molecule has 2 aliphatic heterocycles. The third kappa shape index (κ3) is 2.07. The molecule has 0 radical (unpaired) electrons. The quantitative estimate of drug-likeness (QED) is 0.741. The molecule has 1 unspecified atom stereocenters. The average molecular weight is 254 g/mol. The first-order chi connectivity index (χ1) is 8.48. The van der Waals surface area contributed by atoms with Crippen molar-refractivity contribution in [2.45, 2.75) is 38.6 Å². The minimum Gasteiger partial charge on any atom is -0.481 e. The van der Waals surface area contributed by atoms with Crippen molar-refractivity contribution in [3.63, 3.8) is 0 Å². The van der Waals surface area contributed by atoms with E-state index < -0.39 is 17.4 Å². The lowest BCUT2D eigenvalue weighted by atomic mass is 9.84. The maximum atomic E-state index is 12.1. The molecule has 2 N–H and O–H groups in total. The predicted octanol–water partition coefficient (Wildman–Crippen LogP) is -0.0217. The molecule has 0 aromatic heterocycles. The number of hydrogen-bond donors (Lipinski definition) is 2. The molecule has 2 heterocycles. The van der Waals surface area contributed by atoms with Gasteiger partial charge in [0.1, 0.15) is 6.04 Å². The first-order valence-corrected chi connectivity index (χ1v) is 6.30. The van der Waals surface area contributed by atoms with Crippen LogP contribution in [0, 0.1) is 5.41 Å². The largest absolute Gasteiger partial charge is 0.481 e. The Balaban J connectivity index is 2.02. The number of nitrogens with one attached hydrogen (secondary N) is 1. The van der Waals surface area contributed by atoms with Gasteiger partial charge in [-0.25, -0.2) is 0 Å². The molecule has 2 atom stereocenters. The Labute approximate surface area is 105 Å². The molecule has 6 heteroatoms. The van der Waals surface area contributed by atoms with Gasteiger partial charge in [0, 0.05) is 19.5 Å². The zero-order valence-corrected chi connectivity index (χ0v) is 10.4. The number of nitrogens with zero attached hydrogens (tertiary/aromatic N) is 1. The second-order valence-electron chi connectivity index (χ2n) is 5.11. The van der Waals surface area contributed by atoms with Crippen LogP contribution in [0.15, 0.2) is 0 Å². The molecule has 2 aliphatic rings. The van der Waals surface area contributed by atoms with E-state index in [4.69, 9.17) is 0 Å². The summed E-state index contributed by atoms with van der Waals surface area (Å²) in [6.07, 6.45) is 1.90. The maximum absolute atomic E-state index is 12.1. The molecule has 2 fully saturated rings. The van der Waals surface area contributed by atoms with E-state index in [-0.39, 0.29) is 18.4 Å². The number of likely N-dealkylation sites (tertiary alicyclic amines) is 1. The summed E-state index contributed by atoms with van der Waals surface area (Å²) in [7, 11) is 0. The van der Waals surface area contributed by atoms with Crippen molar-refractivity contribution < 1.29 is 19.5 Å². The minimum atomic E-state index is -0.837. The number of carboxylic acids is 1. The van der Waals surface area contributed by atoms with E-state index >= 15 is 0 Å². The fraction of sp³-hybridized carbons (Fsp3) is 0.750. The van der Waals surface area contributed by atoms with Crippen LogP contribution in [0.1, 0.15) is 32.6 Å². The predicted molar refractivity (Wildman–Crippen MR) is 62.7 cm³/mol. The van der Waals surface area contributed by atoms with Crippen LogP contribution < -0.4 is 5.32 Å². The van der Waals surface area contributed by atoms with Crippen molar-refractivity contribution in [2.24, 2.45) is 5.41 Å². The lowest BCUT2D eigenvalue weighted by molar-refractivity contribution is -0.149. The zero-order chi connectivity index (χ0) is 13.3. The molecule has 0 saturated carbocycles. The number of hydrogen-bond acceptors (Lipinski definition) is 3. The molecule has 2 rings (SSSR count). The van der Waals surface area contributed by atoms with Crippen molar-refractivity contribution >= 4 is 17.8 Å². The standard InChI is InChI=1S/C12H18N2O4/c1-2-12(11(17)18)5-6-14(7-12)10(16)8-3-4-9(15)13-8/h8H,2-7H2,1H3,(H,13,15)(H,17,18)/t8-,12?/m1/s1. The van der Waals surface area contributed by atoms with E-state index in [1.807, 2.05) is 6.92 Å². The average Bonchev–Trinajstić information content (AvgIpc) is 2.95. The number of carboxylic acid groups (broad SMARTS) is 1. The third-order valence-electron chi connectivity index (χ3n) is 4.09. The van der Waals surface area contributed by atoms with Gasteiger partial charge in [-0.1, -0.05) is 6.92 Å². The highest BCUT2D eigenvalue weighted by Crippen LogP contribution is 2.34. The molecular weight excluding hydrogens is 236 g/mol. The maximum Gasteiger partial charge on any atom is 0.311 e. The highest BCUT2D eigenvalue weighted by Gasteiger charge is 2.46. The van der Waals surface area contributed by atoms with Gasteiger partial charge in [-0.05, 0) is 19.3 Å². The van der Waals surface area contributed by atoms with E-state index in [0.29, 0.717) is 32.2 Å². The van der Waals surface area contributed by atoms with Gasteiger partial charge in [0.15, 0.2) is 0 Å². The summed E-state index contributed by atoms with van der Waals surface area (Å²) in [5.74, 6) is -1.08. The second-order valence-corrected chi connectivity index (χ2v) is 5.11. The Morgan fingerprint density at radius 2 is 2.28 bits per heavy atom. The summed E-state index contributed by atoms with van der Waals surface area (Å²) in [5.41, 5.74) is -0.807. The number of rotatable bonds is 3. The van der Waals surface area contributed by atoms with Crippen LogP contribution in [0.5, 0.6) is 0 Å². The molecule has 0 aliphatic carbocycles. The summed E-state index contributed by atoms with van der Waals surface area (Å²) < 4.78 is 0. The Bertz CT molecular complexity index is 396. The van der Waals surface area contributed by atoms with Gasteiger partial charge < -0.3 is 15.3 Å². The number of carbonyl (C=O) groups excluding carboxylic acids is 2. The number of carbonyl (C=O) groups is 3.